The molecule has 0 spiro atoms. The zero-order valence-electron chi connectivity index (χ0n) is 26.3. The highest BCUT2D eigenvalue weighted by molar-refractivity contribution is 6.01. The normalized spacial score (nSPS) is 20.9. The van der Waals surface area contributed by atoms with E-state index in [2.05, 4.69) is 22.8 Å². The fourth-order valence-corrected chi connectivity index (χ4v) is 7.48. The number of piperidine rings is 1. The number of imidazole rings is 1. The zero-order valence-corrected chi connectivity index (χ0v) is 26.3. The third-order valence-corrected chi connectivity index (χ3v) is 10.6. The van der Waals surface area contributed by atoms with Crippen LogP contribution in [0.4, 0.5) is 13.2 Å². The monoisotopic (exact) mass is 639 g/mol. The van der Waals surface area contributed by atoms with Crippen LogP contribution in [0.5, 0.6) is 5.75 Å². The Labute approximate surface area is 270 Å². The number of ether oxygens (including phenoxy) is 1. The van der Waals surface area contributed by atoms with Gasteiger partial charge in [-0.05, 0) is 79.1 Å². The van der Waals surface area contributed by atoms with Crippen molar-refractivity contribution in [3.63, 3.8) is 0 Å². The number of aryl methyl sites for hydroxylation is 1. The van der Waals surface area contributed by atoms with Gasteiger partial charge >= 0.3 is 6.18 Å². The lowest BCUT2D eigenvalue weighted by molar-refractivity contribution is -0.137. The van der Waals surface area contributed by atoms with Crippen molar-refractivity contribution in [1.82, 2.24) is 19.0 Å². The van der Waals surface area contributed by atoms with Gasteiger partial charge in [0.1, 0.15) is 11.3 Å². The molecule has 1 amide bonds. The van der Waals surface area contributed by atoms with Crippen molar-refractivity contribution in [3.05, 3.63) is 82.9 Å². The van der Waals surface area contributed by atoms with Crippen LogP contribution in [0.1, 0.15) is 52.7 Å². The van der Waals surface area contributed by atoms with Crippen molar-refractivity contribution < 1.29 is 22.7 Å². The van der Waals surface area contributed by atoms with Crippen LogP contribution in [0.15, 0.2) is 60.7 Å². The highest BCUT2D eigenvalue weighted by atomic mass is 19.4. The Morgan fingerprint density at radius 3 is 2.43 bits per heavy atom. The molecular formula is C37H36F3N5O2. The van der Waals surface area contributed by atoms with Crippen LogP contribution in [0, 0.1) is 11.3 Å². The topological polar surface area (TPSA) is 78.3 Å². The van der Waals surface area contributed by atoms with E-state index >= 15 is 0 Å². The maximum absolute atomic E-state index is 13.6. The van der Waals surface area contributed by atoms with E-state index in [-0.39, 0.29) is 17.4 Å². The fraction of sp³-hybridized carbons (Fsp3) is 0.351. The predicted octanol–water partition coefficient (Wildman–Crippen LogP) is 7.37. The summed E-state index contributed by atoms with van der Waals surface area (Å²) in [7, 11) is 3.60. The Morgan fingerprint density at radius 1 is 1.04 bits per heavy atom. The minimum absolute atomic E-state index is 0.00842. The molecule has 47 heavy (non-hydrogen) atoms. The number of halogens is 3. The summed E-state index contributed by atoms with van der Waals surface area (Å²) in [5.74, 6) is 1.97. The number of nitrogens with zero attached hydrogens (tertiary/aromatic N) is 4. The second kappa shape index (κ2) is 10.7. The van der Waals surface area contributed by atoms with Gasteiger partial charge in [-0.3, -0.25) is 4.79 Å². The Kier molecular flexibility index (Phi) is 6.81. The number of amides is 1. The van der Waals surface area contributed by atoms with Crippen molar-refractivity contribution in [2.45, 2.75) is 44.4 Å². The fourth-order valence-electron chi connectivity index (χ4n) is 7.48. The molecule has 3 fully saturated rings. The number of carbonyl (C=O) groups excluding carboxylic acids is 1. The Hall–Kier alpha value is -4.57. The number of hydrogen-bond acceptors (Lipinski definition) is 4. The lowest BCUT2D eigenvalue weighted by atomic mass is 9.57. The third-order valence-electron chi connectivity index (χ3n) is 10.6. The van der Waals surface area contributed by atoms with Crippen molar-refractivity contribution in [1.29, 1.82) is 0 Å². The maximum atomic E-state index is 13.6. The van der Waals surface area contributed by atoms with E-state index in [1.54, 1.807) is 7.11 Å². The number of benzene rings is 3. The van der Waals surface area contributed by atoms with Gasteiger partial charge in [0.05, 0.1) is 23.9 Å². The second-order valence-corrected chi connectivity index (χ2v) is 13.4. The molecule has 5 aromatic rings. The molecule has 2 saturated carbocycles. The summed E-state index contributed by atoms with van der Waals surface area (Å²) in [4.78, 5) is 20.7. The van der Waals surface area contributed by atoms with Gasteiger partial charge in [0.2, 0.25) is 0 Å². The summed E-state index contributed by atoms with van der Waals surface area (Å²) < 4.78 is 49.2. The largest absolute Gasteiger partial charge is 0.494 e. The van der Waals surface area contributed by atoms with Gasteiger partial charge in [-0.1, -0.05) is 36.4 Å². The van der Waals surface area contributed by atoms with E-state index in [0.717, 1.165) is 65.0 Å². The van der Waals surface area contributed by atoms with E-state index in [9.17, 15) is 18.0 Å². The van der Waals surface area contributed by atoms with E-state index in [4.69, 9.17) is 15.5 Å². The molecule has 3 aromatic carbocycles. The number of likely N-dealkylation sites (tertiary alicyclic amines) is 1. The lowest BCUT2D eigenvalue weighted by Crippen LogP contribution is -2.74. The van der Waals surface area contributed by atoms with Gasteiger partial charge in [-0.25, -0.2) is 4.98 Å². The van der Waals surface area contributed by atoms with Gasteiger partial charge in [0.25, 0.3) is 5.91 Å². The molecule has 0 bridgehead atoms. The summed E-state index contributed by atoms with van der Waals surface area (Å²) in [5.41, 5.74) is 11.3. The van der Waals surface area contributed by atoms with Gasteiger partial charge in [-0.2, -0.15) is 13.2 Å². The molecule has 2 atom stereocenters. The molecule has 3 aliphatic rings. The average Bonchev–Trinajstić information content (AvgIpc) is 3.73. The van der Waals surface area contributed by atoms with Gasteiger partial charge < -0.3 is 24.5 Å². The number of fused-ring (bicyclic) bond motifs is 3. The summed E-state index contributed by atoms with van der Waals surface area (Å²) in [5, 5.41) is 1.07. The Morgan fingerprint density at radius 2 is 1.79 bits per heavy atom. The quantitative estimate of drug-likeness (QED) is 0.180. The first kappa shape index (κ1) is 29.8. The van der Waals surface area contributed by atoms with E-state index in [1.165, 1.54) is 25.0 Å². The van der Waals surface area contributed by atoms with Crippen molar-refractivity contribution in [2.24, 2.45) is 24.1 Å². The van der Waals surface area contributed by atoms with Crippen LogP contribution in [-0.4, -0.2) is 51.2 Å². The molecule has 10 heteroatoms. The second-order valence-electron chi connectivity index (χ2n) is 13.4. The number of carbonyl (C=O) groups is 1. The highest BCUT2D eigenvalue weighted by Gasteiger charge is 2.59. The highest BCUT2D eigenvalue weighted by Crippen LogP contribution is 2.53. The standard InChI is InChI=1S/C37H36F3N5O2/c1-43-33-28(16-26(18-31(33)47-2)35(46)45-21-36(20-41)14-13-32(36)45)42-34(43)30-17-25-10-7-23(15-29(25)44(30)19-24-5-6-24)4-3-22-8-11-27(12-9-22)37(38,39)40/h3-4,7-12,15-18,24,32H,5-6,13-14,19-21,41H2,1-2H3/b4-3+/t32?,36-/m0/s1. The zero-order chi connectivity index (χ0) is 32.7. The number of hydrogen-bond donors (Lipinski definition) is 1. The van der Waals surface area contributed by atoms with Crippen molar-refractivity contribution >= 4 is 40.0 Å². The van der Waals surface area contributed by atoms with Crippen molar-refractivity contribution in [2.75, 3.05) is 20.2 Å². The minimum atomic E-state index is -4.36. The molecule has 2 aromatic heterocycles. The number of methoxy groups -OCH3 is 1. The molecule has 2 N–H and O–H groups in total. The molecule has 1 unspecified atom stereocenters. The Balaban J connectivity index is 1.15. The minimum Gasteiger partial charge on any atom is -0.494 e. The van der Waals surface area contributed by atoms with Crippen LogP contribution in [-0.2, 0) is 19.8 Å². The molecule has 242 valence electrons. The van der Waals surface area contributed by atoms with Crippen LogP contribution in [0.25, 0.3) is 45.6 Å². The molecule has 1 saturated heterocycles. The molecule has 3 heterocycles. The smallest absolute Gasteiger partial charge is 0.416 e. The summed E-state index contributed by atoms with van der Waals surface area (Å²) in [6.45, 7) is 2.16. The SMILES string of the molecule is COc1cc(C(=O)N2C[C@@]3(CN)CCC23)cc2nc(-c3cc4ccc(/C=C/c5ccc(C(F)(F)F)cc5)cc4n3CC3CC3)n(C)c12. The lowest BCUT2D eigenvalue weighted by Gasteiger charge is -2.64. The molecule has 2 aliphatic carbocycles. The first-order valence-corrected chi connectivity index (χ1v) is 16.1. The van der Waals surface area contributed by atoms with Crippen LogP contribution in [0.3, 0.4) is 0 Å². The third kappa shape index (κ3) is 4.92. The molecule has 7 nitrogen and oxygen atoms in total. The summed E-state index contributed by atoms with van der Waals surface area (Å²) in [6, 6.07) is 17.5. The van der Waals surface area contributed by atoms with E-state index in [0.29, 0.717) is 41.4 Å². The first-order valence-electron chi connectivity index (χ1n) is 16.1. The van der Waals surface area contributed by atoms with Crippen LogP contribution < -0.4 is 10.5 Å². The number of aromatic nitrogens is 3. The van der Waals surface area contributed by atoms with Crippen LogP contribution in [0.2, 0.25) is 0 Å². The number of rotatable bonds is 8. The van der Waals surface area contributed by atoms with Gasteiger partial charge in [-0.15, -0.1) is 0 Å². The van der Waals surface area contributed by atoms with Gasteiger partial charge in [0, 0.05) is 54.6 Å². The number of alkyl halides is 3. The molecule has 1 aliphatic heterocycles. The van der Waals surface area contributed by atoms with Gasteiger partial charge in [0.15, 0.2) is 5.82 Å². The van der Waals surface area contributed by atoms with Crippen molar-refractivity contribution in [3.8, 4) is 17.3 Å². The molecular weight excluding hydrogens is 603 g/mol. The predicted molar refractivity (Wildman–Crippen MR) is 177 cm³/mol. The summed E-state index contributed by atoms with van der Waals surface area (Å²) >= 11 is 0. The van der Waals surface area contributed by atoms with E-state index < -0.39 is 11.7 Å². The van der Waals surface area contributed by atoms with Crippen LogP contribution >= 0.6 is 0 Å². The average molecular weight is 640 g/mol. The van der Waals surface area contributed by atoms with E-state index in [1.807, 2.05) is 46.9 Å². The molecule has 0 radical (unpaired) electrons. The summed E-state index contributed by atoms with van der Waals surface area (Å²) in [6.07, 6.45) is 3.82. The maximum Gasteiger partial charge on any atom is 0.416 e. The Bertz CT molecular complexity index is 2070. The first-order chi connectivity index (χ1) is 22.6. The molecule has 8 rings (SSSR count). The number of nitrogens with two attached hydrogens (primary N) is 1.